The number of aryl methyl sites for hydroxylation is 1. The van der Waals surface area contributed by atoms with Gasteiger partial charge in [0.1, 0.15) is 12.2 Å². The summed E-state index contributed by atoms with van der Waals surface area (Å²) in [7, 11) is 1.90. The summed E-state index contributed by atoms with van der Waals surface area (Å²) in [6, 6.07) is 0. The van der Waals surface area contributed by atoms with Crippen LogP contribution in [0.3, 0.4) is 0 Å². The quantitative estimate of drug-likeness (QED) is 0.745. The van der Waals surface area contributed by atoms with Crippen molar-refractivity contribution in [3.05, 3.63) is 12.2 Å². The molecular formula is C10H16N4O. The highest BCUT2D eigenvalue weighted by molar-refractivity contribution is 5.06. The van der Waals surface area contributed by atoms with Crippen molar-refractivity contribution in [2.75, 3.05) is 13.1 Å². The Labute approximate surface area is 88.7 Å². The Kier molecular flexibility index (Phi) is 1.87. The van der Waals surface area contributed by atoms with Crippen molar-refractivity contribution in [1.29, 1.82) is 0 Å². The zero-order chi connectivity index (χ0) is 10.5. The standard InChI is InChI=1S/C10H16N4O/c1-13-9(11-7-12-13)4-14-5-10(15,6-14)8-2-3-8/h7-8,15H,2-6H2,1H3. The minimum absolute atomic E-state index is 0.390. The zero-order valence-electron chi connectivity index (χ0n) is 8.93. The zero-order valence-corrected chi connectivity index (χ0v) is 8.93. The normalized spacial score (nSPS) is 25.2. The van der Waals surface area contributed by atoms with Gasteiger partial charge in [0.25, 0.3) is 0 Å². The Balaban J connectivity index is 1.57. The first-order valence-corrected chi connectivity index (χ1v) is 5.45. The van der Waals surface area contributed by atoms with Crippen molar-refractivity contribution in [3.8, 4) is 0 Å². The van der Waals surface area contributed by atoms with Crippen molar-refractivity contribution in [3.63, 3.8) is 0 Å². The van der Waals surface area contributed by atoms with Gasteiger partial charge in [-0.3, -0.25) is 9.58 Å². The van der Waals surface area contributed by atoms with E-state index in [9.17, 15) is 5.11 Å². The van der Waals surface area contributed by atoms with Gasteiger partial charge in [0.05, 0.1) is 12.1 Å². The van der Waals surface area contributed by atoms with Crippen LogP contribution in [0.15, 0.2) is 6.33 Å². The maximum absolute atomic E-state index is 10.1. The maximum Gasteiger partial charge on any atom is 0.140 e. The minimum Gasteiger partial charge on any atom is -0.387 e. The van der Waals surface area contributed by atoms with E-state index in [4.69, 9.17) is 0 Å². The highest BCUT2D eigenvalue weighted by atomic mass is 16.3. The monoisotopic (exact) mass is 208 g/mol. The number of nitrogens with zero attached hydrogens (tertiary/aromatic N) is 4. The van der Waals surface area contributed by atoms with Crippen molar-refractivity contribution < 1.29 is 5.11 Å². The summed E-state index contributed by atoms with van der Waals surface area (Å²) < 4.78 is 1.79. The van der Waals surface area contributed by atoms with E-state index in [0.29, 0.717) is 5.92 Å². The number of rotatable bonds is 3. The highest BCUT2D eigenvalue weighted by Crippen LogP contribution is 2.44. The van der Waals surface area contributed by atoms with Crippen LogP contribution in [-0.4, -0.2) is 43.5 Å². The molecule has 5 nitrogen and oxygen atoms in total. The molecule has 1 aromatic heterocycles. The molecule has 0 bridgehead atoms. The molecule has 0 aromatic carbocycles. The molecule has 3 rings (SSSR count). The predicted octanol–water partition coefficient (Wildman–Crippen LogP) is -0.228. The van der Waals surface area contributed by atoms with Crippen LogP contribution in [0.25, 0.3) is 0 Å². The Hall–Kier alpha value is -0.940. The predicted molar refractivity (Wildman–Crippen MR) is 54.0 cm³/mol. The Morgan fingerprint density at radius 2 is 2.27 bits per heavy atom. The van der Waals surface area contributed by atoms with Gasteiger partial charge in [-0.15, -0.1) is 0 Å². The third-order valence-corrected chi connectivity index (χ3v) is 3.50. The first-order chi connectivity index (χ1) is 7.17. The molecule has 2 heterocycles. The van der Waals surface area contributed by atoms with Crippen molar-refractivity contribution in [1.82, 2.24) is 19.7 Å². The molecule has 1 N–H and O–H groups in total. The SMILES string of the molecule is Cn1ncnc1CN1CC(O)(C2CC2)C1. The van der Waals surface area contributed by atoms with Gasteiger partial charge in [-0.2, -0.15) is 5.10 Å². The second-order valence-electron chi connectivity index (χ2n) is 4.82. The van der Waals surface area contributed by atoms with Crippen molar-refractivity contribution in [2.24, 2.45) is 13.0 Å². The summed E-state index contributed by atoms with van der Waals surface area (Å²) >= 11 is 0. The molecule has 0 spiro atoms. The maximum atomic E-state index is 10.1. The molecule has 1 saturated carbocycles. The number of aromatic nitrogens is 3. The van der Waals surface area contributed by atoms with E-state index in [0.717, 1.165) is 25.5 Å². The van der Waals surface area contributed by atoms with Crippen LogP contribution in [-0.2, 0) is 13.6 Å². The lowest BCUT2D eigenvalue weighted by Crippen LogP contribution is -2.62. The summed E-state index contributed by atoms with van der Waals surface area (Å²) in [6.45, 7) is 2.39. The molecule has 5 heteroatoms. The van der Waals surface area contributed by atoms with Gasteiger partial charge in [0.15, 0.2) is 0 Å². The number of likely N-dealkylation sites (tertiary alicyclic amines) is 1. The van der Waals surface area contributed by atoms with Gasteiger partial charge in [-0.25, -0.2) is 4.98 Å². The second kappa shape index (κ2) is 3.02. The Morgan fingerprint density at radius 3 is 2.80 bits per heavy atom. The largest absolute Gasteiger partial charge is 0.387 e. The minimum atomic E-state index is -0.390. The fourth-order valence-electron chi connectivity index (χ4n) is 2.38. The van der Waals surface area contributed by atoms with Crippen LogP contribution in [0, 0.1) is 5.92 Å². The highest BCUT2D eigenvalue weighted by Gasteiger charge is 2.51. The van der Waals surface area contributed by atoms with E-state index in [1.165, 1.54) is 12.8 Å². The lowest BCUT2D eigenvalue weighted by atomic mass is 9.89. The van der Waals surface area contributed by atoms with E-state index in [2.05, 4.69) is 15.0 Å². The fraction of sp³-hybridized carbons (Fsp3) is 0.800. The number of aliphatic hydroxyl groups is 1. The van der Waals surface area contributed by atoms with Gasteiger partial charge < -0.3 is 5.11 Å². The van der Waals surface area contributed by atoms with E-state index in [-0.39, 0.29) is 0 Å². The van der Waals surface area contributed by atoms with Crippen LogP contribution in [0.5, 0.6) is 0 Å². The molecule has 0 atom stereocenters. The average Bonchev–Trinajstić information content (AvgIpc) is 2.91. The van der Waals surface area contributed by atoms with Crippen LogP contribution in [0.4, 0.5) is 0 Å². The van der Waals surface area contributed by atoms with Gasteiger partial charge in [0, 0.05) is 20.1 Å². The van der Waals surface area contributed by atoms with Crippen LogP contribution in [0.2, 0.25) is 0 Å². The van der Waals surface area contributed by atoms with Crippen LogP contribution >= 0.6 is 0 Å². The molecule has 1 aromatic rings. The van der Waals surface area contributed by atoms with Crippen molar-refractivity contribution >= 4 is 0 Å². The summed E-state index contributed by atoms with van der Waals surface area (Å²) in [6.07, 6.45) is 3.98. The number of hydrogen-bond acceptors (Lipinski definition) is 4. The van der Waals surface area contributed by atoms with Crippen LogP contribution in [0.1, 0.15) is 18.7 Å². The first-order valence-electron chi connectivity index (χ1n) is 5.45. The molecule has 1 saturated heterocycles. The van der Waals surface area contributed by atoms with Crippen molar-refractivity contribution in [2.45, 2.75) is 25.0 Å². The molecule has 0 unspecified atom stereocenters. The van der Waals surface area contributed by atoms with E-state index < -0.39 is 5.60 Å². The molecule has 15 heavy (non-hydrogen) atoms. The Morgan fingerprint density at radius 1 is 1.53 bits per heavy atom. The lowest BCUT2D eigenvalue weighted by Gasteiger charge is -2.46. The average molecular weight is 208 g/mol. The second-order valence-corrected chi connectivity index (χ2v) is 4.82. The van der Waals surface area contributed by atoms with E-state index in [1.807, 2.05) is 7.05 Å². The molecule has 82 valence electrons. The fourth-order valence-corrected chi connectivity index (χ4v) is 2.38. The molecule has 2 aliphatic rings. The van der Waals surface area contributed by atoms with E-state index in [1.54, 1.807) is 11.0 Å². The van der Waals surface area contributed by atoms with Crippen LogP contribution < -0.4 is 0 Å². The molecule has 1 aliphatic heterocycles. The summed E-state index contributed by atoms with van der Waals surface area (Å²) in [5.74, 6) is 1.53. The smallest absolute Gasteiger partial charge is 0.140 e. The van der Waals surface area contributed by atoms with Gasteiger partial charge in [-0.05, 0) is 18.8 Å². The molecule has 1 aliphatic carbocycles. The number of hydrogen-bond donors (Lipinski definition) is 1. The molecule has 2 fully saturated rings. The molecular weight excluding hydrogens is 192 g/mol. The Bertz CT molecular complexity index is 365. The molecule has 0 amide bonds. The van der Waals surface area contributed by atoms with Gasteiger partial charge in [-0.1, -0.05) is 0 Å². The third kappa shape index (κ3) is 1.55. The summed E-state index contributed by atoms with van der Waals surface area (Å²) in [5.41, 5.74) is -0.390. The lowest BCUT2D eigenvalue weighted by molar-refractivity contribution is -0.117. The van der Waals surface area contributed by atoms with Gasteiger partial charge >= 0.3 is 0 Å². The first kappa shape index (κ1) is 9.30. The summed E-state index contributed by atoms with van der Waals surface area (Å²) in [5, 5.41) is 14.2. The summed E-state index contributed by atoms with van der Waals surface area (Å²) in [4.78, 5) is 6.40. The number of β-amino-alcohol motifs (C(OH)–C–C–N with tert-alkyl or cyclic N) is 1. The molecule has 0 radical (unpaired) electrons. The van der Waals surface area contributed by atoms with E-state index >= 15 is 0 Å². The van der Waals surface area contributed by atoms with Gasteiger partial charge in [0.2, 0.25) is 0 Å². The third-order valence-electron chi connectivity index (χ3n) is 3.50. The topological polar surface area (TPSA) is 54.2 Å².